The van der Waals surface area contributed by atoms with Gasteiger partial charge in [0.15, 0.2) is 0 Å². The Morgan fingerprint density at radius 3 is 2.75 bits per heavy atom. The molecule has 0 aliphatic carbocycles. The van der Waals surface area contributed by atoms with E-state index in [1.54, 1.807) is 0 Å². The Hall–Kier alpha value is -0.960. The van der Waals surface area contributed by atoms with Gasteiger partial charge in [-0.25, -0.2) is 0 Å². The van der Waals surface area contributed by atoms with Gasteiger partial charge < -0.3 is 5.32 Å². The van der Waals surface area contributed by atoms with Gasteiger partial charge in [0, 0.05) is 17.5 Å². The summed E-state index contributed by atoms with van der Waals surface area (Å²) in [7, 11) is 0. The topological polar surface area (TPSA) is 29.1 Å². The van der Waals surface area contributed by atoms with Crippen molar-refractivity contribution in [1.29, 1.82) is 0 Å². The van der Waals surface area contributed by atoms with Crippen molar-refractivity contribution in [3.05, 3.63) is 23.8 Å². The molecule has 3 heteroatoms. The zero-order chi connectivity index (χ0) is 9.14. The first-order chi connectivity index (χ1) is 5.59. The third kappa shape index (κ3) is 2.27. The first-order valence-corrected chi connectivity index (χ1v) is 4.11. The minimum Gasteiger partial charge on any atom is -0.326 e. The molecule has 0 aliphatic heterocycles. The molecule has 1 amide bonds. The molecule has 0 aliphatic rings. The van der Waals surface area contributed by atoms with Crippen LogP contribution in [0.4, 0.5) is 5.69 Å². The standard InChI is InChI=1S/C9H11NOS/c1-6-3-4-8(12)5-9(6)10-7(2)11/h3-5,12H,1-2H3,(H,10,11). The lowest BCUT2D eigenvalue weighted by molar-refractivity contribution is -0.114. The Morgan fingerprint density at radius 1 is 1.50 bits per heavy atom. The van der Waals surface area contributed by atoms with E-state index in [0.717, 1.165) is 16.1 Å². The molecule has 0 atom stereocenters. The van der Waals surface area contributed by atoms with Crippen molar-refractivity contribution in [2.24, 2.45) is 0 Å². The first kappa shape index (κ1) is 9.13. The largest absolute Gasteiger partial charge is 0.326 e. The van der Waals surface area contributed by atoms with E-state index in [0.29, 0.717) is 0 Å². The van der Waals surface area contributed by atoms with Crippen LogP contribution in [0.3, 0.4) is 0 Å². The summed E-state index contributed by atoms with van der Waals surface area (Å²) < 4.78 is 0. The summed E-state index contributed by atoms with van der Waals surface area (Å²) in [5, 5.41) is 2.73. The van der Waals surface area contributed by atoms with E-state index in [9.17, 15) is 4.79 Å². The average Bonchev–Trinajstić information content (AvgIpc) is 1.96. The summed E-state index contributed by atoms with van der Waals surface area (Å²) in [4.78, 5) is 11.6. The van der Waals surface area contributed by atoms with Crippen LogP contribution in [0.15, 0.2) is 23.1 Å². The highest BCUT2D eigenvalue weighted by atomic mass is 32.1. The third-order valence-corrected chi connectivity index (χ3v) is 1.81. The number of anilines is 1. The maximum atomic E-state index is 10.7. The van der Waals surface area contributed by atoms with Crippen molar-refractivity contribution in [2.45, 2.75) is 18.7 Å². The van der Waals surface area contributed by atoms with E-state index in [1.165, 1.54) is 6.92 Å². The summed E-state index contributed by atoms with van der Waals surface area (Å²) in [6.45, 7) is 3.43. The maximum absolute atomic E-state index is 10.7. The Balaban J connectivity index is 2.97. The van der Waals surface area contributed by atoms with E-state index in [2.05, 4.69) is 17.9 Å². The number of benzene rings is 1. The normalized spacial score (nSPS) is 9.58. The number of aryl methyl sites for hydroxylation is 1. The van der Waals surface area contributed by atoms with Crippen LogP contribution < -0.4 is 5.32 Å². The average molecular weight is 181 g/mol. The fourth-order valence-electron chi connectivity index (χ4n) is 0.934. The lowest BCUT2D eigenvalue weighted by Crippen LogP contribution is -2.06. The van der Waals surface area contributed by atoms with E-state index in [-0.39, 0.29) is 5.91 Å². The van der Waals surface area contributed by atoms with Crippen molar-refractivity contribution >= 4 is 24.2 Å². The SMILES string of the molecule is CC(=O)Nc1cc(S)ccc1C. The van der Waals surface area contributed by atoms with Crippen molar-refractivity contribution < 1.29 is 4.79 Å². The van der Waals surface area contributed by atoms with Gasteiger partial charge in [0.2, 0.25) is 5.91 Å². The van der Waals surface area contributed by atoms with Crippen LogP contribution in [-0.4, -0.2) is 5.91 Å². The van der Waals surface area contributed by atoms with E-state index in [4.69, 9.17) is 0 Å². The molecule has 2 nitrogen and oxygen atoms in total. The fourth-order valence-corrected chi connectivity index (χ4v) is 1.14. The molecule has 64 valence electrons. The van der Waals surface area contributed by atoms with Gasteiger partial charge in [-0.2, -0.15) is 0 Å². The molecule has 0 heterocycles. The van der Waals surface area contributed by atoms with Crippen LogP contribution in [-0.2, 0) is 4.79 Å². The lowest BCUT2D eigenvalue weighted by Gasteiger charge is -2.06. The minimum atomic E-state index is -0.0583. The summed E-state index contributed by atoms with van der Waals surface area (Å²) in [6, 6.07) is 5.65. The molecule has 0 saturated carbocycles. The highest BCUT2D eigenvalue weighted by molar-refractivity contribution is 7.80. The Morgan fingerprint density at radius 2 is 2.17 bits per heavy atom. The van der Waals surface area contributed by atoms with Gasteiger partial charge in [-0.1, -0.05) is 6.07 Å². The van der Waals surface area contributed by atoms with Crippen molar-refractivity contribution in [2.75, 3.05) is 5.32 Å². The maximum Gasteiger partial charge on any atom is 0.221 e. The van der Waals surface area contributed by atoms with Gasteiger partial charge in [0.25, 0.3) is 0 Å². The molecule has 0 radical (unpaired) electrons. The smallest absolute Gasteiger partial charge is 0.221 e. The van der Waals surface area contributed by atoms with Crippen molar-refractivity contribution in [1.82, 2.24) is 0 Å². The number of nitrogens with one attached hydrogen (secondary N) is 1. The molecule has 1 N–H and O–H groups in total. The van der Waals surface area contributed by atoms with Crippen LogP contribution in [0.1, 0.15) is 12.5 Å². The summed E-state index contributed by atoms with van der Waals surface area (Å²) >= 11 is 4.17. The molecule has 0 unspecified atom stereocenters. The molecule has 1 aromatic rings. The number of thiol groups is 1. The van der Waals surface area contributed by atoms with Gasteiger partial charge in [0.05, 0.1) is 0 Å². The summed E-state index contributed by atoms with van der Waals surface area (Å²) in [5.74, 6) is -0.0583. The minimum absolute atomic E-state index is 0.0583. The highest BCUT2D eigenvalue weighted by Crippen LogP contribution is 2.18. The first-order valence-electron chi connectivity index (χ1n) is 3.67. The van der Waals surface area contributed by atoms with Crippen LogP contribution in [0, 0.1) is 6.92 Å². The fraction of sp³-hybridized carbons (Fsp3) is 0.222. The Bertz CT molecular complexity index is 309. The van der Waals surface area contributed by atoms with Crippen molar-refractivity contribution in [3.8, 4) is 0 Å². The second-order valence-corrected chi connectivity index (χ2v) is 3.20. The van der Waals surface area contributed by atoms with Gasteiger partial charge in [-0.05, 0) is 24.6 Å². The lowest BCUT2D eigenvalue weighted by atomic mass is 10.2. The van der Waals surface area contributed by atoms with E-state index >= 15 is 0 Å². The molecule has 0 saturated heterocycles. The molecule has 1 rings (SSSR count). The number of rotatable bonds is 1. The number of carbonyl (C=O) groups excluding carboxylic acids is 1. The Labute approximate surface area is 77.4 Å². The van der Waals surface area contributed by atoms with Gasteiger partial charge in [-0.15, -0.1) is 12.6 Å². The van der Waals surface area contributed by atoms with Gasteiger partial charge >= 0.3 is 0 Å². The molecule has 12 heavy (non-hydrogen) atoms. The number of amides is 1. The zero-order valence-electron chi connectivity index (χ0n) is 7.09. The van der Waals surface area contributed by atoms with Crippen LogP contribution in [0.25, 0.3) is 0 Å². The van der Waals surface area contributed by atoms with E-state index in [1.807, 2.05) is 25.1 Å². The predicted molar refractivity (Wildman–Crippen MR) is 52.7 cm³/mol. The molecule has 0 spiro atoms. The second-order valence-electron chi connectivity index (χ2n) is 2.68. The summed E-state index contributed by atoms with van der Waals surface area (Å²) in [5.41, 5.74) is 1.87. The summed E-state index contributed by atoms with van der Waals surface area (Å²) in [6.07, 6.45) is 0. The molecule has 0 aromatic heterocycles. The van der Waals surface area contributed by atoms with Gasteiger partial charge in [-0.3, -0.25) is 4.79 Å². The molecule has 1 aromatic carbocycles. The molecular formula is C9H11NOS. The Kier molecular flexibility index (Phi) is 2.76. The number of carbonyl (C=O) groups is 1. The quantitative estimate of drug-likeness (QED) is 0.639. The van der Waals surface area contributed by atoms with E-state index < -0.39 is 0 Å². The van der Waals surface area contributed by atoms with Crippen LogP contribution in [0.5, 0.6) is 0 Å². The third-order valence-electron chi connectivity index (χ3n) is 1.53. The number of hydrogen-bond acceptors (Lipinski definition) is 2. The highest BCUT2D eigenvalue weighted by Gasteiger charge is 1.99. The van der Waals surface area contributed by atoms with Crippen LogP contribution in [0.2, 0.25) is 0 Å². The molecular weight excluding hydrogens is 170 g/mol. The second kappa shape index (κ2) is 3.63. The zero-order valence-corrected chi connectivity index (χ0v) is 7.98. The predicted octanol–water partition coefficient (Wildman–Crippen LogP) is 2.24. The number of hydrogen-bond donors (Lipinski definition) is 2. The molecule has 0 bridgehead atoms. The van der Waals surface area contributed by atoms with Gasteiger partial charge in [0.1, 0.15) is 0 Å². The monoisotopic (exact) mass is 181 g/mol. The molecule has 0 fully saturated rings. The van der Waals surface area contributed by atoms with Crippen LogP contribution >= 0.6 is 12.6 Å². The van der Waals surface area contributed by atoms with Crippen molar-refractivity contribution in [3.63, 3.8) is 0 Å².